The van der Waals surface area contributed by atoms with Gasteiger partial charge < -0.3 is 11.1 Å². The van der Waals surface area contributed by atoms with E-state index in [-0.39, 0.29) is 0 Å². The predicted octanol–water partition coefficient (Wildman–Crippen LogP) is 3.96. The minimum Gasteiger partial charge on any atom is -0.398 e. The fourth-order valence-electron chi connectivity index (χ4n) is 1.80. The van der Waals surface area contributed by atoms with E-state index in [1.165, 1.54) is 5.56 Å². The SMILES string of the molecule is C=Nc1cc(C)c(N)cc1Nc1ccccc1C. The lowest BCUT2D eigenvalue weighted by Crippen LogP contribution is -1.96. The Kier molecular flexibility index (Phi) is 3.33. The van der Waals surface area contributed by atoms with Crippen molar-refractivity contribution >= 4 is 29.5 Å². The summed E-state index contributed by atoms with van der Waals surface area (Å²) in [6.07, 6.45) is 0. The van der Waals surface area contributed by atoms with E-state index in [9.17, 15) is 0 Å². The number of nitrogen functional groups attached to an aromatic ring is 1. The molecule has 0 unspecified atom stereocenters. The average Bonchev–Trinajstić information content (AvgIpc) is 2.36. The highest BCUT2D eigenvalue weighted by Crippen LogP contribution is 2.32. The minimum atomic E-state index is 0.749. The van der Waals surface area contributed by atoms with Gasteiger partial charge in [-0.25, -0.2) is 0 Å². The molecule has 92 valence electrons. The molecule has 0 bridgehead atoms. The minimum absolute atomic E-state index is 0.749. The van der Waals surface area contributed by atoms with Crippen LogP contribution in [0, 0.1) is 13.8 Å². The first kappa shape index (κ1) is 12.2. The molecule has 2 aromatic carbocycles. The Hall–Kier alpha value is -2.29. The summed E-state index contributed by atoms with van der Waals surface area (Å²) in [4.78, 5) is 4.03. The van der Waals surface area contributed by atoms with Gasteiger partial charge in [-0.05, 0) is 49.9 Å². The molecule has 0 atom stereocenters. The van der Waals surface area contributed by atoms with Crippen molar-refractivity contribution in [2.45, 2.75) is 13.8 Å². The van der Waals surface area contributed by atoms with Crippen LogP contribution in [0.3, 0.4) is 0 Å². The monoisotopic (exact) mass is 239 g/mol. The number of nitrogens with one attached hydrogen (secondary N) is 1. The van der Waals surface area contributed by atoms with Crippen LogP contribution in [-0.2, 0) is 0 Å². The third kappa shape index (κ3) is 2.35. The van der Waals surface area contributed by atoms with E-state index in [1.807, 2.05) is 37.3 Å². The summed E-state index contributed by atoms with van der Waals surface area (Å²) in [6.45, 7) is 7.61. The van der Waals surface area contributed by atoms with E-state index in [1.54, 1.807) is 0 Å². The highest BCUT2D eigenvalue weighted by molar-refractivity contribution is 5.79. The summed E-state index contributed by atoms with van der Waals surface area (Å²) in [5.74, 6) is 0. The van der Waals surface area contributed by atoms with E-state index in [2.05, 4.69) is 30.0 Å². The zero-order valence-corrected chi connectivity index (χ0v) is 10.7. The zero-order valence-electron chi connectivity index (χ0n) is 10.7. The Morgan fingerprint density at radius 3 is 2.44 bits per heavy atom. The Balaban J connectivity index is 2.43. The number of para-hydroxylation sites is 1. The summed E-state index contributed by atoms with van der Waals surface area (Å²) < 4.78 is 0. The first-order valence-electron chi connectivity index (χ1n) is 5.81. The molecule has 0 radical (unpaired) electrons. The number of hydrogen-bond donors (Lipinski definition) is 2. The third-order valence-electron chi connectivity index (χ3n) is 2.97. The van der Waals surface area contributed by atoms with E-state index < -0.39 is 0 Å². The second-order valence-corrected chi connectivity index (χ2v) is 4.32. The number of benzene rings is 2. The van der Waals surface area contributed by atoms with Gasteiger partial charge >= 0.3 is 0 Å². The topological polar surface area (TPSA) is 50.4 Å². The molecule has 0 amide bonds. The van der Waals surface area contributed by atoms with Crippen LogP contribution in [0.15, 0.2) is 41.4 Å². The zero-order chi connectivity index (χ0) is 13.1. The van der Waals surface area contributed by atoms with Crippen molar-refractivity contribution in [1.29, 1.82) is 0 Å². The van der Waals surface area contributed by atoms with Crippen LogP contribution in [0.25, 0.3) is 0 Å². The Bertz CT molecular complexity index is 588. The molecule has 3 heteroatoms. The van der Waals surface area contributed by atoms with Crippen LogP contribution in [0.1, 0.15) is 11.1 Å². The fraction of sp³-hybridized carbons (Fsp3) is 0.133. The van der Waals surface area contributed by atoms with Crippen molar-refractivity contribution < 1.29 is 0 Å². The quantitative estimate of drug-likeness (QED) is 0.629. The molecular weight excluding hydrogens is 222 g/mol. The molecule has 0 aliphatic carbocycles. The molecule has 0 aliphatic rings. The van der Waals surface area contributed by atoms with Crippen LogP contribution in [-0.4, -0.2) is 6.72 Å². The van der Waals surface area contributed by atoms with Gasteiger partial charge in [0.1, 0.15) is 0 Å². The Labute approximate surface area is 107 Å². The smallest absolute Gasteiger partial charge is 0.0861 e. The third-order valence-corrected chi connectivity index (χ3v) is 2.97. The number of nitrogens with two attached hydrogens (primary N) is 1. The molecule has 0 aromatic heterocycles. The second kappa shape index (κ2) is 4.92. The van der Waals surface area contributed by atoms with E-state index in [4.69, 9.17) is 5.73 Å². The molecule has 3 nitrogen and oxygen atoms in total. The molecule has 0 fully saturated rings. The summed E-state index contributed by atoms with van der Waals surface area (Å²) in [5.41, 5.74) is 11.6. The van der Waals surface area contributed by atoms with Gasteiger partial charge in [0.2, 0.25) is 0 Å². The normalized spacial score (nSPS) is 10.1. The second-order valence-electron chi connectivity index (χ2n) is 4.32. The van der Waals surface area contributed by atoms with Crippen LogP contribution in [0.4, 0.5) is 22.7 Å². The van der Waals surface area contributed by atoms with E-state index >= 15 is 0 Å². The molecule has 0 aliphatic heterocycles. The molecule has 2 aromatic rings. The molecule has 0 spiro atoms. The van der Waals surface area contributed by atoms with Gasteiger partial charge in [0.25, 0.3) is 0 Å². The summed E-state index contributed by atoms with van der Waals surface area (Å²) in [7, 11) is 0. The molecule has 3 N–H and O–H groups in total. The molecule has 2 rings (SSSR count). The summed E-state index contributed by atoms with van der Waals surface area (Å²) in [6, 6.07) is 11.9. The van der Waals surface area contributed by atoms with Crippen molar-refractivity contribution in [1.82, 2.24) is 0 Å². The van der Waals surface area contributed by atoms with Gasteiger partial charge in [0.15, 0.2) is 0 Å². The van der Waals surface area contributed by atoms with Gasteiger partial charge in [-0.3, -0.25) is 4.99 Å². The van der Waals surface area contributed by atoms with Crippen LogP contribution in [0.5, 0.6) is 0 Å². The highest BCUT2D eigenvalue weighted by Gasteiger charge is 2.06. The number of aryl methyl sites for hydroxylation is 2. The summed E-state index contributed by atoms with van der Waals surface area (Å²) >= 11 is 0. The lowest BCUT2D eigenvalue weighted by Gasteiger charge is -2.13. The standard InChI is InChI=1S/C15H17N3/c1-10-6-4-5-7-13(10)18-15-9-12(16)11(2)8-14(15)17-3/h4-9,18H,3,16H2,1-2H3. The van der Waals surface area contributed by atoms with Crippen molar-refractivity contribution in [3.05, 3.63) is 47.5 Å². The number of anilines is 3. The van der Waals surface area contributed by atoms with Crippen LogP contribution < -0.4 is 11.1 Å². The van der Waals surface area contributed by atoms with Crippen molar-refractivity contribution in [2.24, 2.45) is 4.99 Å². The molecule has 0 saturated carbocycles. The van der Waals surface area contributed by atoms with Gasteiger partial charge in [-0.2, -0.15) is 0 Å². The first-order valence-corrected chi connectivity index (χ1v) is 5.81. The van der Waals surface area contributed by atoms with Gasteiger partial charge in [0.05, 0.1) is 11.4 Å². The van der Waals surface area contributed by atoms with Gasteiger partial charge in [-0.1, -0.05) is 18.2 Å². The predicted molar refractivity (Wildman–Crippen MR) is 79.3 cm³/mol. The van der Waals surface area contributed by atoms with Gasteiger partial charge in [-0.15, -0.1) is 0 Å². The number of hydrogen-bond acceptors (Lipinski definition) is 3. The van der Waals surface area contributed by atoms with E-state index in [0.717, 1.165) is 28.3 Å². The van der Waals surface area contributed by atoms with Gasteiger partial charge in [0, 0.05) is 11.4 Å². The number of rotatable bonds is 3. The maximum Gasteiger partial charge on any atom is 0.0861 e. The Morgan fingerprint density at radius 1 is 1.06 bits per heavy atom. The maximum absolute atomic E-state index is 5.93. The van der Waals surface area contributed by atoms with Crippen LogP contribution in [0.2, 0.25) is 0 Å². The van der Waals surface area contributed by atoms with Crippen molar-refractivity contribution in [2.75, 3.05) is 11.1 Å². The maximum atomic E-state index is 5.93. The van der Waals surface area contributed by atoms with Crippen LogP contribution >= 0.6 is 0 Å². The molecular formula is C15H17N3. The highest BCUT2D eigenvalue weighted by atomic mass is 14.9. The Morgan fingerprint density at radius 2 is 1.78 bits per heavy atom. The summed E-state index contributed by atoms with van der Waals surface area (Å²) in [5, 5.41) is 3.35. The van der Waals surface area contributed by atoms with E-state index in [0.29, 0.717) is 0 Å². The average molecular weight is 239 g/mol. The fourth-order valence-corrected chi connectivity index (χ4v) is 1.80. The number of nitrogens with zero attached hydrogens (tertiary/aromatic N) is 1. The number of aliphatic imine (C=N–C) groups is 1. The first-order chi connectivity index (χ1) is 8.61. The van der Waals surface area contributed by atoms with Crippen molar-refractivity contribution in [3.63, 3.8) is 0 Å². The lowest BCUT2D eigenvalue weighted by molar-refractivity contribution is 1.39. The lowest BCUT2D eigenvalue weighted by atomic mass is 10.1. The molecule has 0 heterocycles. The molecule has 0 saturated heterocycles. The largest absolute Gasteiger partial charge is 0.398 e. The molecule has 18 heavy (non-hydrogen) atoms. The van der Waals surface area contributed by atoms with Crippen molar-refractivity contribution in [3.8, 4) is 0 Å².